The number of benzene rings is 1. The first-order valence-corrected chi connectivity index (χ1v) is 7.60. The Morgan fingerprint density at radius 3 is 2.71 bits per heavy atom. The number of halogens is 1. The van der Waals surface area contributed by atoms with Gasteiger partial charge in [0.05, 0.1) is 5.02 Å². The van der Waals surface area contributed by atoms with Crippen LogP contribution in [0.25, 0.3) is 0 Å². The van der Waals surface area contributed by atoms with Crippen LogP contribution in [-0.2, 0) is 13.1 Å². The predicted molar refractivity (Wildman–Crippen MR) is 89.9 cm³/mol. The maximum atomic E-state index is 6.20. The molecule has 0 saturated heterocycles. The molecule has 1 aromatic heterocycles. The van der Waals surface area contributed by atoms with Crippen LogP contribution in [0.3, 0.4) is 0 Å². The normalized spacial score (nSPS) is 10.7. The van der Waals surface area contributed by atoms with Gasteiger partial charge in [0.15, 0.2) is 0 Å². The van der Waals surface area contributed by atoms with Crippen molar-refractivity contribution in [1.29, 1.82) is 0 Å². The van der Waals surface area contributed by atoms with E-state index in [2.05, 4.69) is 66.4 Å². The molecule has 3 nitrogen and oxygen atoms in total. The van der Waals surface area contributed by atoms with Crippen LogP contribution in [0.15, 0.2) is 36.5 Å². The minimum Gasteiger partial charge on any atom is -0.355 e. The van der Waals surface area contributed by atoms with Crippen molar-refractivity contribution in [3.05, 3.63) is 58.2 Å². The Bertz CT molecular complexity index is 598. The van der Waals surface area contributed by atoms with E-state index in [-0.39, 0.29) is 0 Å². The number of anilines is 1. The average molecular weight is 304 g/mol. The third-order valence-electron chi connectivity index (χ3n) is 3.55. The summed E-state index contributed by atoms with van der Waals surface area (Å²) in [5, 5.41) is 4.01. The number of hydrogen-bond acceptors (Lipinski definition) is 3. The smallest absolute Gasteiger partial charge is 0.128 e. The molecule has 0 atom stereocenters. The summed E-state index contributed by atoms with van der Waals surface area (Å²) in [7, 11) is 2.06. The monoisotopic (exact) mass is 303 g/mol. The molecule has 21 heavy (non-hydrogen) atoms. The van der Waals surface area contributed by atoms with Crippen molar-refractivity contribution in [3.63, 3.8) is 0 Å². The van der Waals surface area contributed by atoms with E-state index in [0.29, 0.717) is 5.02 Å². The van der Waals surface area contributed by atoms with Crippen molar-refractivity contribution in [2.24, 2.45) is 0 Å². The van der Waals surface area contributed by atoms with Crippen LogP contribution in [0.4, 0.5) is 5.82 Å². The molecule has 0 aliphatic heterocycles. The summed E-state index contributed by atoms with van der Waals surface area (Å²) in [5.41, 5.74) is 3.69. The van der Waals surface area contributed by atoms with Gasteiger partial charge in [-0.15, -0.1) is 0 Å². The van der Waals surface area contributed by atoms with Crippen LogP contribution < -0.4 is 10.2 Å². The Kier molecular flexibility index (Phi) is 5.59. The summed E-state index contributed by atoms with van der Waals surface area (Å²) < 4.78 is 0. The minimum atomic E-state index is 0.712. The summed E-state index contributed by atoms with van der Waals surface area (Å²) >= 11 is 6.20. The first kappa shape index (κ1) is 15.8. The molecule has 0 bridgehead atoms. The van der Waals surface area contributed by atoms with Gasteiger partial charge in [0.2, 0.25) is 0 Å². The van der Waals surface area contributed by atoms with Gasteiger partial charge in [-0.05, 0) is 36.2 Å². The molecule has 0 radical (unpaired) electrons. The lowest BCUT2D eigenvalue weighted by atomic mass is 10.1. The SMILES string of the molecule is CCNCc1cc(N(C)Cc2ccccc2C)ncc1Cl. The Morgan fingerprint density at radius 2 is 2.00 bits per heavy atom. The zero-order valence-corrected chi connectivity index (χ0v) is 13.6. The van der Waals surface area contributed by atoms with E-state index in [1.54, 1.807) is 6.20 Å². The zero-order chi connectivity index (χ0) is 15.2. The van der Waals surface area contributed by atoms with E-state index in [9.17, 15) is 0 Å². The number of nitrogens with zero attached hydrogens (tertiary/aromatic N) is 2. The lowest BCUT2D eigenvalue weighted by Crippen LogP contribution is -2.19. The quantitative estimate of drug-likeness (QED) is 0.880. The second-order valence-corrected chi connectivity index (χ2v) is 5.60. The third kappa shape index (κ3) is 4.19. The molecular formula is C17H22ClN3. The van der Waals surface area contributed by atoms with Crippen molar-refractivity contribution in [1.82, 2.24) is 10.3 Å². The Balaban J connectivity index is 2.15. The van der Waals surface area contributed by atoms with E-state index >= 15 is 0 Å². The summed E-state index contributed by atoms with van der Waals surface area (Å²) in [5.74, 6) is 0.940. The highest BCUT2D eigenvalue weighted by molar-refractivity contribution is 6.31. The first-order chi connectivity index (χ1) is 10.1. The van der Waals surface area contributed by atoms with Gasteiger partial charge in [-0.1, -0.05) is 42.8 Å². The molecule has 0 saturated carbocycles. The van der Waals surface area contributed by atoms with Crippen molar-refractivity contribution in [3.8, 4) is 0 Å². The second kappa shape index (κ2) is 7.43. The molecule has 4 heteroatoms. The highest BCUT2D eigenvalue weighted by atomic mass is 35.5. The van der Waals surface area contributed by atoms with E-state index < -0.39 is 0 Å². The van der Waals surface area contributed by atoms with Crippen LogP contribution in [0.2, 0.25) is 5.02 Å². The van der Waals surface area contributed by atoms with Crippen LogP contribution in [0, 0.1) is 6.92 Å². The van der Waals surface area contributed by atoms with E-state index in [1.165, 1.54) is 11.1 Å². The number of nitrogens with one attached hydrogen (secondary N) is 1. The summed E-state index contributed by atoms with van der Waals surface area (Å²) in [6.07, 6.45) is 1.73. The number of aryl methyl sites for hydroxylation is 1. The maximum Gasteiger partial charge on any atom is 0.128 e. The Hall–Kier alpha value is -1.58. The molecule has 0 aliphatic carbocycles. The van der Waals surface area contributed by atoms with Crippen molar-refractivity contribution in [2.75, 3.05) is 18.5 Å². The lowest BCUT2D eigenvalue weighted by Gasteiger charge is -2.20. The Labute approximate surface area is 132 Å². The van der Waals surface area contributed by atoms with Crippen molar-refractivity contribution in [2.45, 2.75) is 26.9 Å². The topological polar surface area (TPSA) is 28.2 Å². The molecule has 1 heterocycles. The largest absolute Gasteiger partial charge is 0.355 e. The highest BCUT2D eigenvalue weighted by Gasteiger charge is 2.08. The fourth-order valence-corrected chi connectivity index (χ4v) is 2.37. The minimum absolute atomic E-state index is 0.712. The molecule has 0 amide bonds. The first-order valence-electron chi connectivity index (χ1n) is 7.22. The van der Waals surface area contributed by atoms with Crippen molar-refractivity contribution >= 4 is 17.4 Å². The van der Waals surface area contributed by atoms with Gasteiger partial charge >= 0.3 is 0 Å². The van der Waals surface area contributed by atoms with Gasteiger partial charge in [-0.2, -0.15) is 0 Å². The standard InChI is InChI=1S/C17H22ClN3/c1-4-19-10-15-9-17(20-11-16(15)18)21(3)12-14-8-6-5-7-13(14)2/h5-9,11,19H,4,10,12H2,1-3H3. The summed E-state index contributed by atoms with van der Waals surface area (Å²) in [4.78, 5) is 6.59. The van der Waals surface area contributed by atoms with Crippen molar-refractivity contribution < 1.29 is 0 Å². The fourth-order valence-electron chi connectivity index (χ4n) is 2.20. The molecule has 0 spiro atoms. The third-order valence-corrected chi connectivity index (χ3v) is 3.89. The molecule has 0 aliphatic rings. The fraction of sp³-hybridized carbons (Fsp3) is 0.353. The van der Waals surface area contributed by atoms with Crippen LogP contribution >= 0.6 is 11.6 Å². The molecule has 2 rings (SSSR count). The number of pyridine rings is 1. The summed E-state index contributed by atoms with van der Waals surface area (Å²) in [6.45, 7) is 6.74. The van der Waals surface area contributed by atoms with Gasteiger partial charge in [-0.25, -0.2) is 4.98 Å². The molecule has 112 valence electrons. The second-order valence-electron chi connectivity index (χ2n) is 5.20. The average Bonchev–Trinajstić information content (AvgIpc) is 2.48. The van der Waals surface area contributed by atoms with Gasteiger partial charge in [0.25, 0.3) is 0 Å². The van der Waals surface area contributed by atoms with Crippen LogP contribution in [0.1, 0.15) is 23.6 Å². The number of hydrogen-bond donors (Lipinski definition) is 1. The van der Waals surface area contributed by atoms with Crippen LogP contribution in [0.5, 0.6) is 0 Å². The van der Waals surface area contributed by atoms with Crippen LogP contribution in [-0.4, -0.2) is 18.6 Å². The molecule has 2 aromatic rings. The summed E-state index contributed by atoms with van der Waals surface area (Å²) in [6, 6.07) is 10.5. The Morgan fingerprint density at radius 1 is 1.24 bits per heavy atom. The van der Waals surface area contributed by atoms with Gasteiger partial charge in [0.1, 0.15) is 5.82 Å². The molecule has 0 unspecified atom stereocenters. The molecule has 0 fully saturated rings. The van der Waals surface area contributed by atoms with Gasteiger partial charge < -0.3 is 10.2 Å². The zero-order valence-electron chi connectivity index (χ0n) is 12.9. The van der Waals surface area contributed by atoms with E-state index in [0.717, 1.165) is 31.0 Å². The predicted octanol–water partition coefficient (Wildman–Crippen LogP) is 3.79. The maximum absolute atomic E-state index is 6.20. The van der Waals surface area contributed by atoms with Gasteiger partial charge in [0, 0.05) is 26.3 Å². The van der Waals surface area contributed by atoms with Gasteiger partial charge in [-0.3, -0.25) is 0 Å². The molecule has 1 aromatic carbocycles. The molecular weight excluding hydrogens is 282 g/mol. The number of aromatic nitrogens is 1. The van der Waals surface area contributed by atoms with E-state index in [1.807, 2.05) is 0 Å². The molecule has 1 N–H and O–H groups in total. The van der Waals surface area contributed by atoms with E-state index in [4.69, 9.17) is 11.6 Å². The lowest BCUT2D eigenvalue weighted by molar-refractivity contribution is 0.725. The number of rotatable bonds is 6. The highest BCUT2D eigenvalue weighted by Crippen LogP contribution is 2.21.